The van der Waals surface area contributed by atoms with Gasteiger partial charge in [0.05, 0.1) is 30.3 Å². The molecule has 1 aliphatic heterocycles. The summed E-state index contributed by atoms with van der Waals surface area (Å²) in [5, 5.41) is 3.28. The van der Waals surface area contributed by atoms with Crippen molar-refractivity contribution < 1.29 is 9.53 Å². The number of hydrogen-bond acceptors (Lipinski definition) is 3. The molecule has 0 aliphatic carbocycles. The van der Waals surface area contributed by atoms with E-state index in [2.05, 4.69) is 5.32 Å². The predicted molar refractivity (Wildman–Crippen MR) is 82.8 cm³/mol. The lowest BCUT2D eigenvalue weighted by molar-refractivity contribution is -0.115. The fourth-order valence-corrected chi connectivity index (χ4v) is 2.82. The summed E-state index contributed by atoms with van der Waals surface area (Å²) in [7, 11) is 1.62. The summed E-state index contributed by atoms with van der Waals surface area (Å²) in [5.74, 6) is 0.714. The molecule has 0 saturated carbocycles. The summed E-state index contributed by atoms with van der Waals surface area (Å²) < 4.78 is 5.22. The predicted octanol–water partition coefficient (Wildman–Crippen LogP) is 2.89. The number of fused-ring (bicyclic) bond motifs is 1. The first-order chi connectivity index (χ1) is 10.1. The number of anilines is 1. The molecular weight excluding hydrogens is 288 g/mol. The molecule has 0 aromatic heterocycles. The first kappa shape index (κ1) is 13.9. The Labute approximate surface area is 127 Å². The Kier molecular flexibility index (Phi) is 3.57. The summed E-state index contributed by atoms with van der Waals surface area (Å²) in [6, 6.07) is 11.0. The summed E-state index contributed by atoms with van der Waals surface area (Å²) >= 11 is 6.24. The number of carbonyl (C=O) groups excluding carboxylic acids is 1. The first-order valence-electron chi connectivity index (χ1n) is 6.60. The maximum atomic E-state index is 11.5. The Morgan fingerprint density at radius 3 is 2.86 bits per heavy atom. The monoisotopic (exact) mass is 302 g/mol. The van der Waals surface area contributed by atoms with Gasteiger partial charge >= 0.3 is 0 Å². The molecule has 2 aromatic rings. The van der Waals surface area contributed by atoms with Gasteiger partial charge in [-0.1, -0.05) is 29.8 Å². The van der Waals surface area contributed by atoms with Crippen molar-refractivity contribution in [3.05, 3.63) is 58.1 Å². The normalized spacial score (nSPS) is 14.5. The van der Waals surface area contributed by atoms with Crippen LogP contribution in [0.15, 0.2) is 36.4 Å². The molecule has 5 heteroatoms. The van der Waals surface area contributed by atoms with Gasteiger partial charge in [0.2, 0.25) is 5.91 Å². The largest absolute Gasteiger partial charge is 0.497 e. The van der Waals surface area contributed by atoms with Crippen LogP contribution in [0, 0.1) is 0 Å². The van der Waals surface area contributed by atoms with Gasteiger partial charge in [0.1, 0.15) is 5.75 Å². The van der Waals surface area contributed by atoms with E-state index in [0.717, 1.165) is 22.4 Å². The maximum absolute atomic E-state index is 11.5. The molecule has 1 aliphatic rings. The Morgan fingerprint density at radius 1 is 1.29 bits per heavy atom. The summed E-state index contributed by atoms with van der Waals surface area (Å²) in [5.41, 5.74) is 9.72. The summed E-state index contributed by atoms with van der Waals surface area (Å²) in [6.07, 6.45) is 0.341. The highest BCUT2D eigenvalue weighted by atomic mass is 35.5. The van der Waals surface area contributed by atoms with Gasteiger partial charge in [-0.25, -0.2) is 0 Å². The van der Waals surface area contributed by atoms with Gasteiger partial charge in [0.25, 0.3) is 0 Å². The molecule has 0 bridgehead atoms. The Hall–Kier alpha value is -2.04. The molecule has 3 N–H and O–H groups in total. The zero-order chi connectivity index (χ0) is 15.0. The van der Waals surface area contributed by atoms with E-state index in [1.165, 1.54) is 0 Å². The molecular formula is C16H15ClN2O2. The SMILES string of the molecule is COc1cccc(C(N)c2cc(Cl)c3c(c2)CC(=O)N3)c1. The average molecular weight is 303 g/mol. The first-order valence-corrected chi connectivity index (χ1v) is 6.98. The quantitative estimate of drug-likeness (QED) is 0.916. The number of rotatable bonds is 3. The van der Waals surface area contributed by atoms with Gasteiger partial charge in [-0.3, -0.25) is 4.79 Å². The third kappa shape index (κ3) is 2.60. The summed E-state index contributed by atoms with van der Waals surface area (Å²) in [6.45, 7) is 0. The fourth-order valence-electron chi connectivity index (χ4n) is 2.53. The second-order valence-electron chi connectivity index (χ2n) is 5.02. The van der Waals surface area contributed by atoms with Gasteiger partial charge in [-0.2, -0.15) is 0 Å². The highest BCUT2D eigenvalue weighted by Crippen LogP contribution is 2.35. The van der Waals surface area contributed by atoms with Crippen molar-refractivity contribution in [1.82, 2.24) is 0 Å². The van der Waals surface area contributed by atoms with Crippen molar-refractivity contribution in [1.29, 1.82) is 0 Å². The van der Waals surface area contributed by atoms with Crippen LogP contribution >= 0.6 is 11.6 Å². The number of benzene rings is 2. The van der Waals surface area contributed by atoms with Gasteiger partial charge in [0.15, 0.2) is 0 Å². The van der Waals surface area contributed by atoms with Crippen LogP contribution in [0.1, 0.15) is 22.7 Å². The molecule has 0 fully saturated rings. The van der Waals surface area contributed by atoms with E-state index < -0.39 is 0 Å². The highest BCUT2D eigenvalue weighted by molar-refractivity contribution is 6.34. The number of hydrogen-bond donors (Lipinski definition) is 2. The lowest BCUT2D eigenvalue weighted by Gasteiger charge is -2.15. The third-order valence-corrected chi connectivity index (χ3v) is 3.92. The van der Waals surface area contributed by atoms with E-state index >= 15 is 0 Å². The number of methoxy groups -OCH3 is 1. The van der Waals surface area contributed by atoms with Crippen LogP contribution in [0.5, 0.6) is 5.75 Å². The molecule has 2 aromatic carbocycles. The Bertz CT molecular complexity index is 715. The standard InChI is InChI=1S/C16H15ClN2O2/c1-21-12-4-2-3-9(6-12)15(18)10-5-11-8-14(20)19-16(11)13(17)7-10/h2-7,15H,8,18H2,1H3,(H,19,20). The van der Waals surface area contributed by atoms with E-state index in [0.29, 0.717) is 17.1 Å². The number of nitrogens with two attached hydrogens (primary N) is 1. The van der Waals surface area contributed by atoms with E-state index in [4.69, 9.17) is 22.1 Å². The number of ether oxygens (including phenoxy) is 1. The smallest absolute Gasteiger partial charge is 0.228 e. The zero-order valence-electron chi connectivity index (χ0n) is 11.5. The topological polar surface area (TPSA) is 64.3 Å². The number of halogens is 1. The van der Waals surface area contributed by atoms with Crippen molar-refractivity contribution in [2.45, 2.75) is 12.5 Å². The molecule has 3 rings (SSSR count). The molecule has 1 atom stereocenters. The molecule has 4 nitrogen and oxygen atoms in total. The van der Waals surface area contributed by atoms with Gasteiger partial charge < -0.3 is 15.8 Å². The van der Waals surface area contributed by atoms with Crippen molar-refractivity contribution in [3.8, 4) is 5.75 Å². The highest BCUT2D eigenvalue weighted by Gasteiger charge is 2.22. The van der Waals surface area contributed by atoms with Crippen LogP contribution in [0.3, 0.4) is 0 Å². The van der Waals surface area contributed by atoms with Crippen molar-refractivity contribution in [2.75, 3.05) is 12.4 Å². The van der Waals surface area contributed by atoms with E-state index in [1.54, 1.807) is 13.2 Å². The second kappa shape index (κ2) is 5.39. The fraction of sp³-hybridized carbons (Fsp3) is 0.188. The molecule has 0 saturated heterocycles. The van der Waals surface area contributed by atoms with Crippen LogP contribution in [-0.2, 0) is 11.2 Å². The van der Waals surface area contributed by atoms with E-state index in [9.17, 15) is 4.79 Å². The lowest BCUT2D eigenvalue weighted by atomic mass is 9.97. The molecule has 108 valence electrons. The van der Waals surface area contributed by atoms with Gasteiger partial charge in [-0.05, 0) is 34.9 Å². The van der Waals surface area contributed by atoms with Crippen molar-refractivity contribution in [2.24, 2.45) is 5.73 Å². The molecule has 0 radical (unpaired) electrons. The minimum Gasteiger partial charge on any atom is -0.497 e. The van der Waals surface area contributed by atoms with E-state index in [-0.39, 0.29) is 11.9 Å². The second-order valence-corrected chi connectivity index (χ2v) is 5.42. The number of carbonyl (C=O) groups is 1. The molecule has 0 spiro atoms. The number of nitrogens with one attached hydrogen (secondary N) is 1. The average Bonchev–Trinajstić information content (AvgIpc) is 2.87. The van der Waals surface area contributed by atoms with Crippen molar-refractivity contribution in [3.63, 3.8) is 0 Å². The van der Waals surface area contributed by atoms with Crippen molar-refractivity contribution >= 4 is 23.2 Å². The van der Waals surface area contributed by atoms with Crippen LogP contribution in [-0.4, -0.2) is 13.0 Å². The zero-order valence-corrected chi connectivity index (χ0v) is 12.3. The van der Waals surface area contributed by atoms with Crippen LogP contribution in [0.25, 0.3) is 0 Å². The van der Waals surface area contributed by atoms with Crippen LogP contribution in [0.4, 0.5) is 5.69 Å². The third-order valence-electron chi connectivity index (χ3n) is 3.62. The lowest BCUT2D eigenvalue weighted by Crippen LogP contribution is -2.12. The maximum Gasteiger partial charge on any atom is 0.228 e. The Balaban J connectivity index is 1.98. The Morgan fingerprint density at radius 2 is 2.10 bits per heavy atom. The summed E-state index contributed by atoms with van der Waals surface area (Å²) in [4.78, 5) is 11.5. The van der Waals surface area contributed by atoms with Gasteiger partial charge in [0, 0.05) is 0 Å². The molecule has 1 amide bonds. The molecule has 1 heterocycles. The minimum atomic E-state index is -0.321. The molecule has 21 heavy (non-hydrogen) atoms. The van der Waals surface area contributed by atoms with Crippen LogP contribution in [0.2, 0.25) is 5.02 Å². The van der Waals surface area contributed by atoms with Crippen LogP contribution < -0.4 is 15.8 Å². The minimum absolute atomic E-state index is 0.0426. The number of amides is 1. The molecule has 1 unspecified atom stereocenters. The van der Waals surface area contributed by atoms with E-state index in [1.807, 2.05) is 30.3 Å². The van der Waals surface area contributed by atoms with Gasteiger partial charge in [-0.15, -0.1) is 0 Å².